The van der Waals surface area contributed by atoms with Crippen LogP contribution in [-0.2, 0) is 28.6 Å². The van der Waals surface area contributed by atoms with Crippen LogP contribution in [-0.4, -0.2) is 37.2 Å². The van der Waals surface area contributed by atoms with Gasteiger partial charge < -0.3 is 14.2 Å². The summed E-state index contributed by atoms with van der Waals surface area (Å²) in [6.07, 6.45) is 55.2. The number of hydrogen-bond donors (Lipinski definition) is 0. The van der Waals surface area contributed by atoms with E-state index in [2.05, 4.69) is 34.6 Å². The molecule has 0 heterocycles. The molecule has 0 radical (unpaired) electrons. The highest BCUT2D eigenvalue weighted by Crippen LogP contribution is 2.18. The van der Waals surface area contributed by atoms with Gasteiger partial charge in [0.1, 0.15) is 13.2 Å². The van der Waals surface area contributed by atoms with Crippen LogP contribution in [0.15, 0.2) is 0 Å². The molecular weight excluding hydrogens is 805 g/mol. The van der Waals surface area contributed by atoms with Gasteiger partial charge in [0.15, 0.2) is 6.10 Å². The van der Waals surface area contributed by atoms with Crippen LogP contribution in [0.4, 0.5) is 0 Å². The zero-order valence-electron chi connectivity index (χ0n) is 44.6. The Morgan fingerprint density at radius 3 is 0.754 bits per heavy atom. The standard InChI is InChI=1S/C59H114O6/c1-6-7-8-9-10-11-12-13-18-24-29-34-39-44-49-57(60)63-52-56(65-59(62)51-46-41-36-31-26-21-20-23-28-33-38-43-48-55(4)5)53-64-58(61)50-45-40-35-30-25-19-16-14-15-17-22-27-32-37-42-47-54(2)3/h54-56H,6-53H2,1-5H3/t56-/m0/s1. The SMILES string of the molecule is CCCCCCCCCCCCCCCCC(=O)OC[C@@H](COC(=O)CCCCCCCCCCCCCCCCCC(C)C)OC(=O)CCCCCCCCCCCCCCC(C)C. The Balaban J connectivity index is 4.29. The van der Waals surface area contributed by atoms with Gasteiger partial charge in [-0.2, -0.15) is 0 Å². The quantitative estimate of drug-likeness (QED) is 0.0344. The van der Waals surface area contributed by atoms with Gasteiger partial charge in [-0.05, 0) is 31.1 Å². The largest absolute Gasteiger partial charge is 0.462 e. The molecule has 0 rings (SSSR count). The third-order valence-corrected chi connectivity index (χ3v) is 13.5. The summed E-state index contributed by atoms with van der Waals surface area (Å²) < 4.78 is 16.9. The lowest BCUT2D eigenvalue weighted by Crippen LogP contribution is -2.30. The van der Waals surface area contributed by atoms with Gasteiger partial charge >= 0.3 is 17.9 Å². The molecule has 0 fully saturated rings. The first-order valence-electron chi connectivity index (χ1n) is 29.2. The fraction of sp³-hybridized carbons (Fsp3) is 0.949. The van der Waals surface area contributed by atoms with E-state index in [0.717, 1.165) is 69.6 Å². The lowest BCUT2D eigenvalue weighted by Gasteiger charge is -2.18. The van der Waals surface area contributed by atoms with E-state index in [9.17, 15) is 14.4 Å². The van der Waals surface area contributed by atoms with Gasteiger partial charge in [-0.3, -0.25) is 14.4 Å². The molecule has 386 valence electrons. The number of carbonyl (C=O) groups is 3. The zero-order chi connectivity index (χ0) is 47.5. The van der Waals surface area contributed by atoms with Crippen LogP contribution in [0, 0.1) is 11.8 Å². The van der Waals surface area contributed by atoms with Crippen molar-refractivity contribution in [2.45, 2.75) is 336 Å². The molecule has 0 saturated carbocycles. The van der Waals surface area contributed by atoms with Gasteiger partial charge in [0.05, 0.1) is 0 Å². The third kappa shape index (κ3) is 53.2. The molecule has 0 saturated heterocycles. The highest BCUT2D eigenvalue weighted by molar-refractivity contribution is 5.71. The van der Waals surface area contributed by atoms with E-state index in [1.165, 1.54) is 218 Å². The summed E-state index contributed by atoms with van der Waals surface area (Å²) in [5.41, 5.74) is 0. The van der Waals surface area contributed by atoms with Crippen molar-refractivity contribution >= 4 is 17.9 Å². The molecule has 0 spiro atoms. The highest BCUT2D eigenvalue weighted by Gasteiger charge is 2.19. The summed E-state index contributed by atoms with van der Waals surface area (Å²) in [7, 11) is 0. The van der Waals surface area contributed by atoms with Crippen LogP contribution in [0.2, 0.25) is 0 Å². The number of unbranched alkanes of at least 4 members (excludes halogenated alkanes) is 38. The number of carbonyl (C=O) groups excluding carboxylic acids is 3. The first-order valence-corrected chi connectivity index (χ1v) is 29.2. The maximum absolute atomic E-state index is 12.8. The molecule has 6 heteroatoms. The first-order chi connectivity index (χ1) is 31.7. The topological polar surface area (TPSA) is 78.9 Å². The van der Waals surface area contributed by atoms with Gasteiger partial charge in [0.2, 0.25) is 0 Å². The average molecular weight is 920 g/mol. The minimum Gasteiger partial charge on any atom is -0.462 e. The summed E-state index contributed by atoms with van der Waals surface area (Å²) >= 11 is 0. The third-order valence-electron chi connectivity index (χ3n) is 13.5. The van der Waals surface area contributed by atoms with Crippen molar-refractivity contribution in [1.29, 1.82) is 0 Å². The molecular formula is C59H114O6. The van der Waals surface area contributed by atoms with E-state index < -0.39 is 6.10 Å². The molecule has 0 aromatic carbocycles. The molecule has 0 bridgehead atoms. The molecule has 0 aromatic rings. The van der Waals surface area contributed by atoms with Gasteiger partial charge in [0.25, 0.3) is 0 Å². The number of esters is 3. The second-order valence-corrected chi connectivity index (χ2v) is 21.2. The lowest BCUT2D eigenvalue weighted by atomic mass is 10.0. The average Bonchev–Trinajstić information content (AvgIpc) is 3.28. The summed E-state index contributed by atoms with van der Waals surface area (Å²) in [5, 5.41) is 0. The van der Waals surface area contributed by atoms with E-state index in [1.54, 1.807) is 0 Å². The van der Waals surface area contributed by atoms with Crippen LogP contribution >= 0.6 is 0 Å². The van der Waals surface area contributed by atoms with Crippen LogP contribution in [0.3, 0.4) is 0 Å². The van der Waals surface area contributed by atoms with E-state index in [4.69, 9.17) is 14.2 Å². The monoisotopic (exact) mass is 919 g/mol. The van der Waals surface area contributed by atoms with Gasteiger partial charge in [-0.1, -0.05) is 291 Å². The van der Waals surface area contributed by atoms with Crippen molar-refractivity contribution in [1.82, 2.24) is 0 Å². The molecule has 1 atom stereocenters. The van der Waals surface area contributed by atoms with Crippen molar-refractivity contribution in [3.8, 4) is 0 Å². The normalized spacial score (nSPS) is 12.0. The molecule has 0 amide bonds. The molecule has 0 N–H and O–H groups in total. The predicted molar refractivity (Wildman–Crippen MR) is 280 cm³/mol. The van der Waals surface area contributed by atoms with Gasteiger partial charge in [-0.15, -0.1) is 0 Å². The van der Waals surface area contributed by atoms with Gasteiger partial charge in [-0.25, -0.2) is 0 Å². The second-order valence-electron chi connectivity index (χ2n) is 21.2. The Kier molecular flexibility index (Phi) is 50.5. The minimum atomic E-state index is -0.762. The van der Waals surface area contributed by atoms with Crippen LogP contribution in [0.1, 0.15) is 330 Å². The molecule has 0 aliphatic heterocycles. The number of hydrogen-bond acceptors (Lipinski definition) is 6. The van der Waals surface area contributed by atoms with Crippen LogP contribution in [0.5, 0.6) is 0 Å². The predicted octanol–water partition coefficient (Wildman–Crippen LogP) is 19.3. The van der Waals surface area contributed by atoms with E-state index in [1.807, 2.05) is 0 Å². The first kappa shape index (κ1) is 63.4. The fourth-order valence-electron chi connectivity index (χ4n) is 9.05. The van der Waals surface area contributed by atoms with Crippen LogP contribution in [0.25, 0.3) is 0 Å². The van der Waals surface area contributed by atoms with Crippen molar-refractivity contribution in [2.24, 2.45) is 11.8 Å². The maximum Gasteiger partial charge on any atom is 0.306 e. The summed E-state index contributed by atoms with van der Waals surface area (Å²) in [5.74, 6) is 0.843. The number of ether oxygens (including phenoxy) is 3. The van der Waals surface area contributed by atoms with E-state index in [-0.39, 0.29) is 31.1 Å². The lowest BCUT2D eigenvalue weighted by molar-refractivity contribution is -0.167. The Bertz CT molecular complexity index is 993. The molecule has 6 nitrogen and oxygen atoms in total. The molecule has 0 unspecified atom stereocenters. The van der Waals surface area contributed by atoms with Crippen molar-refractivity contribution in [3.63, 3.8) is 0 Å². The van der Waals surface area contributed by atoms with Crippen molar-refractivity contribution < 1.29 is 28.6 Å². The van der Waals surface area contributed by atoms with Gasteiger partial charge in [0, 0.05) is 19.3 Å². The minimum absolute atomic E-state index is 0.0625. The molecule has 0 aliphatic carbocycles. The fourth-order valence-corrected chi connectivity index (χ4v) is 9.05. The Morgan fingerprint density at radius 1 is 0.292 bits per heavy atom. The second kappa shape index (κ2) is 51.8. The molecule has 65 heavy (non-hydrogen) atoms. The van der Waals surface area contributed by atoms with E-state index in [0.29, 0.717) is 19.3 Å². The summed E-state index contributed by atoms with van der Waals surface area (Å²) in [4.78, 5) is 38.1. The maximum atomic E-state index is 12.8. The summed E-state index contributed by atoms with van der Waals surface area (Å²) in [6.45, 7) is 11.4. The summed E-state index contributed by atoms with van der Waals surface area (Å²) in [6, 6.07) is 0. The van der Waals surface area contributed by atoms with E-state index >= 15 is 0 Å². The van der Waals surface area contributed by atoms with Crippen molar-refractivity contribution in [3.05, 3.63) is 0 Å². The smallest absolute Gasteiger partial charge is 0.306 e. The highest BCUT2D eigenvalue weighted by atomic mass is 16.6. The zero-order valence-corrected chi connectivity index (χ0v) is 44.6. The number of rotatable bonds is 53. The molecule has 0 aliphatic rings. The Labute approximate surface area is 406 Å². The Morgan fingerprint density at radius 2 is 0.508 bits per heavy atom. The molecule has 0 aromatic heterocycles. The Hall–Kier alpha value is -1.59. The van der Waals surface area contributed by atoms with Crippen LogP contribution < -0.4 is 0 Å². The van der Waals surface area contributed by atoms with Crippen molar-refractivity contribution in [2.75, 3.05) is 13.2 Å².